The van der Waals surface area contributed by atoms with Gasteiger partial charge in [0.15, 0.2) is 5.65 Å². The first-order chi connectivity index (χ1) is 8.63. The van der Waals surface area contributed by atoms with Crippen LogP contribution >= 0.6 is 11.6 Å². The molecule has 3 aromatic rings. The van der Waals surface area contributed by atoms with Crippen LogP contribution in [-0.2, 0) is 7.05 Å². The van der Waals surface area contributed by atoms with E-state index in [1.54, 1.807) is 17.8 Å². The lowest BCUT2D eigenvalue weighted by Crippen LogP contribution is -1.98. The Balaban J connectivity index is 2.09. The number of H-pyrrole nitrogens is 1. The Bertz CT molecular complexity index is 718. The molecular formula is C10H9ClN6O. The summed E-state index contributed by atoms with van der Waals surface area (Å²) in [5.74, 6) is 0.892. The number of nitrogens with zero attached hydrogens (tertiary/aromatic N) is 5. The SMILES string of the molecule is Cc1cc(Oc2nc(Cl)nc3nc[nH]c23)n(C)n1. The van der Waals surface area contributed by atoms with Gasteiger partial charge in [0, 0.05) is 13.1 Å². The van der Waals surface area contributed by atoms with E-state index in [2.05, 4.69) is 25.0 Å². The monoisotopic (exact) mass is 264 g/mol. The molecule has 3 aromatic heterocycles. The molecular weight excluding hydrogens is 256 g/mol. The number of nitrogens with one attached hydrogen (secondary N) is 1. The molecule has 3 rings (SSSR count). The normalized spacial score (nSPS) is 11.1. The Morgan fingerprint density at radius 1 is 1.39 bits per heavy atom. The summed E-state index contributed by atoms with van der Waals surface area (Å²) in [7, 11) is 1.79. The molecule has 0 aromatic carbocycles. The molecule has 8 heteroatoms. The van der Waals surface area contributed by atoms with Crippen molar-refractivity contribution in [3.63, 3.8) is 0 Å². The van der Waals surface area contributed by atoms with Crippen LogP contribution in [0.3, 0.4) is 0 Å². The van der Waals surface area contributed by atoms with Crippen LogP contribution in [0.25, 0.3) is 11.2 Å². The highest BCUT2D eigenvalue weighted by molar-refractivity contribution is 6.28. The van der Waals surface area contributed by atoms with Gasteiger partial charge in [0.1, 0.15) is 5.52 Å². The topological polar surface area (TPSA) is 81.5 Å². The van der Waals surface area contributed by atoms with Crippen molar-refractivity contribution in [2.75, 3.05) is 0 Å². The van der Waals surface area contributed by atoms with Gasteiger partial charge in [-0.1, -0.05) is 0 Å². The van der Waals surface area contributed by atoms with Crippen LogP contribution < -0.4 is 4.74 Å². The van der Waals surface area contributed by atoms with Gasteiger partial charge in [-0.25, -0.2) is 9.67 Å². The van der Waals surface area contributed by atoms with Crippen LogP contribution in [0, 0.1) is 6.92 Å². The van der Waals surface area contributed by atoms with Gasteiger partial charge in [0.2, 0.25) is 11.2 Å². The molecule has 0 saturated heterocycles. The predicted octanol–water partition coefficient (Wildman–Crippen LogP) is 1.84. The van der Waals surface area contributed by atoms with E-state index in [0.29, 0.717) is 22.9 Å². The highest BCUT2D eigenvalue weighted by Gasteiger charge is 2.13. The van der Waals surface area contributed by atoms with Gasteiger partial charge in [-0.05, 0) is 18.5 Å². The zero-order valence-electron chi connectivity index (χ0n) is 9.68. The summed E-state index contributed by atoms with van der Waals surface area (Å²) in [6.45, 7) is 1.88. The van der Waals surface area contributed by atoms with Crippen molar-refractivity contribution in [1.29, 1.82) is 0 Å². The van der Waals surface area contributed by atoms with Gasteiger partial charge >= 0.3 is 0 Å². The third kappa shape index (κ3) is 1.78. The molecule has 0 atom stereocenters. The second-order valence-corrected chi connectivity index (χ2v) is 4.09. The van der Waals surface area contributed by atoms with Crippen molar-refractivity contribution in [2.24, 2.45) is 7.05 Å². The van der Waals surface area contributed by atoms with Crippen molar-refractivity contribution >= 4 is 22.8 Å². The minimum atomic E-state index is 0.0866. The summed E-state index contributed by atoms with van der Waals surface area (Å²) in [6.07, 6.45) is 1.51. The van der Waals surface area contributed by atoms with E-state index in [1.807, 2.05) is 6.92 Å². The molecule has 0 saturated carbocycles. The lowest BCUT2D eigenvalue weighted by Gasteiger charge is -2.04. The van der Waals surface area contributed by atoms with Crippen molar-refractivity contribution in [3.8, 4) is 11.8 Å². The fourth-order valence-corrected chi connectivity index (χ4v) is 1.79. The highest BCUT2D eigenvalue weighted by atomic mass is 35.5. The van der Waals surface area contributed by atoms with E-state index in [4.69, 9.17) is 16.3 Å². The van der Waals surface area contributed by atoms with Crippen molar-refractivity contribution in [3.05, 3.63) is 23.4 Å². The van der Waals surface area contributed by atoms with Gasteiger partial charge in [-0.2, -0.15) is 15.1 Å². The zero-order valence-corrected chi connectivity index (χ0v) is 10.4. The Morgan fingerprint density at radius 2 is 2.22 bits per heavy atom. The average molecular weight is 265 g/mol. The summed E-state index contributed by atoms with van der Waals surface area (Å²) < 4.78 is 7.29. The summed E-state index contributed by atoms with van der Waals surface area (Å²) in [5.41, 5.74) is 1.91. The number of hydrogen-bond donors (Lipinski definition) is 1. The second-order valence-electron chi connectivity index (χ2n) is 3.75. The van der Waals surface area contributed by atoms with E-state index in [0.717, 1.165) is 5.69 Å². The standard InChI is InChI=1S/C10H9ClN6O/c1-5-3-6(17(2)16-5)18-9-7-8(13-4-12-7)14-10(11)15-9/h3-4H,1-2H3,(H,12,13,14,15). The molecule has 18 heavy (non-hydrogen) atoms. The highest BCUT2D eigenvalue weighted by Crippen LogP contribution is 2.26. The van der Waals surface area contributed by atoms with Crippen LogP contribution in [0.4, 0.5) is 0 Å². The Hall–Kier alpha value is -2.15. The Morgan fingerprint density at radius 3 is 2.94 bits per heavy atom. The van der Waals surface area contributed by atoms with Gasteiger partial charge in [-0.15, -0.1) is 0 Å². The number of rotatable bonds is 2. The van der Waals surface area contributed by atoms with E-state index in [-0.39, 0.29) is 5.28 Å². The fraction of sp³-hybridized carbons (Fsp3) is 0.200. The number of aryl methyl sites for hydroxylation is 2. The molecule has 3 heterocycles. The lowest BCUT2D eigenvalue weighted by molar-refractivity contribution is 0.419. The van der Waals surface area contributed by atoms with Gasteiger partial charge in [0.25, 0.3) is 5.88 Å². The Labute approximate surface area is 107 Å². The minimum Gasteiger partial charge on any atom is -0.418 e. The van der Waals surface area contributed by atoms with Gasteiger partial charge in [0.05, 0.1) is 12.0 Å². The second kappa shape index (κ2) is 3.95. The van der Waals surface area contributed by atoms with Crippen LogP contribution in [0.5, 0.6) is 11.8 Å². The molecule has 0 bridgehead atoms. The molecule has 92 valence electrons. The number of fused-ring (bicyclic) bond motifs is 1. The van der Waals surface area contributed by atoms with E-state index in [9.17, 15) is 0 Å². The molecule has 0 radical (unpaired) electrons. The number of aromatic nitrogens is 6. The maximum atomic E-state index is 5.81. The van der Waals surface area contributed by atoms with E-state index in [1.165, 1.54) is 6.33 Å². The van der Waals surface area contributed by atoms with E-state index >= 15 is 0 Å². The minimum absolute atomic E-state index is 0.0866. The molecule has 0 fully saturated rings. The number of halogens is 1. The maximum Gasteiger partial charge on any atom is 0.251 e. The molecule has 0 aliphatic carbocycles. The van der Waals surface area contributed by atoms with Crippen LogP contribution in [0.1, 0.15) is 5.69 Å². The van der Waals surface area contributed by atoms with Crippen molar-refractivity contribution in [1.82, 2.24) is 29.7 Å². The first-order valence-corrected chi connectivity index (χ1v) is 5.56. The third-order valence-corrected chi connectivity index (χ3v) is 2.55. The summed E-state index contributed by atoms with van der Waals surface area (Å²) >= 11 is 5.81. The average Bonchev–Trinajstić information content (AvgIpc) is 2.86. The zero-order chi connectivity index (χ0) is 12.7. The van der Waals surface area contributed by atoms with Crippen molar-refractivity contribution < 1.29 is 4.74 Å². The van der Waals surface area contributed by atoms with Crippen molar-refractivity contribution in [2.45, 2.75) is 6.92 Å². The van der Waals surface area contributed by atoms with Crippen LogP contribution in [0.15, 0.2) is 12.4 Å². The fourth-order valence-electron chi connectivity index (χ4n) is 1.64. The summed E-state index contributed by atoms with van der Waals surface area (Å²) in [4.78, 5) is 14.9. The molecule has 0 unspecified atom stereocenters. The number of hydrogen-bond acceptors (Lipinski definition) is 5. The molecule has 0 amide bonds. The smallest absolute Gasteiger partial charge is 0.251 e. The maximum absolute atomic E-state index is 5.81. The molecule has 1 N–H and O–H groups in total. The third-order valence-electron chi connectivity index (χ3n) is 2.39. The van der Waals surface area contributed by atoms with Crippen LogP contribution in [-0.4, -0.2) is 29.7 Å². The molecule has 0 aliphatic heterocycles. The molecule has 7 nitrogen and oxygen atoms in total. The first-order valence-electron chi connectivity index (χ1n) is 5.18. The predicted molar refractivity (Wildman–Crippen MR) is 64.7 cm³/mol. The lowest BCUT2D eigenvalue weighted by atomic mass is 10.5. The molecule has 0 aliphatic rings. The summed E-state index contributed by atoms with van der Waals surface area (Å²) in [5, 5.41) is 4.27. The number of imidazole rings is 1. The Kier molecular flexibility index (Phi) is 2.41. The van der Waals surface area contributed by atoms with E-state index < -0.39 is 0 Å². The van der Waals surface area contributed by atoms with Gasteiger partial charge in [-0.3, -0.25) is 0 Å². The first kappa shape index (κ1) is 11.0. The number of aromatic amines is 1. The molecule has 0 spiro atoms. The van der Waals surface area contributed by atoms with Gasteiger partial charge < -0.3 is 9.72 Å². The van der Waals surface area contributed by atoms with Crippen LogP contribution in [0.2, 0.25) is 5.28 Å². The largest absolute Gasteiger partial charge is 0.418 e. The summed E-state index contributed by atoms with van der Waals surface area (Å²) in [6, 6.07) is 1.80. The number of ether oxygens (including phenoxy) is 1. The quantitative estimate of drug-likeness (QED) is 0.714.